The molecular weight excluding hydrogens is 220 g/mol. The zero-order valence-corrected chi connectivity index (χ0v) is 9.47. The van der Waals surface area contributed by atoms with Gasteiger partial charge >= 0.3 is 0 Å². The molecule has 0 aromatic heterocycles. The van der Waals surface area contributed by atoms with Gasteiger partial charge < -0.3 is 0 Å². The maximum Gasteiger partial charge on any atom is 0.207 e. The van der Waals surface area contributed by atoms with Crippen molar-refractivity contribution in [1.29, 1.82) is 0 Å². The molecule has 1 rings (SSSR count). The summed E-state index contributed by atoms with van der Waals surface area (Å²) in [6, 6.07) is 7.29. The summed E-state index contributed by atoms with van der Waals surface area (Å²) in [4.78, 5) is 22.4. The number of nitroso groups, excluding NO2 is 2. The lowest BCUT2D eigenvalue weighted by Crippen LogP contribution is -1.98. The molecule has 0 heterocycles. The van der Waals surface area contributed by atoms with Gasteiger partial charge in [-0.05, 0) is 12.1 Å². The highest BCUT2D eigenvalue weighted by Crippen LogP contribution is 2.19. The predicted molar refractivity (Wildman–Crippen MR) is 61.1 cm³/mol. The summed E-state index contributed by atoms with van der Waals surface area (Å²) >= 11 is -1.28. The first-order valence-corrected chi connectivity index (χ1v) is 6.96. The molecule has 2 unspecified atom stereocenters. The Labute approximate surface area is 88.0 Å². The monoisotopic (exact) mass is 230 g/mol. The highest BCUT2D eigenvalue weighted by Gasteiger charge is 2.23. The molecule has 4 nitrogen and oxygen atoms in total. The fourth-order valence-corrected chi connectivity index (χ4v) is 2.32. The Morgan fingerprint density at radius 1 is 1.00 bits per heavy atom. The molecule has 0 aliphatic carbocycles. The van der Waals surface area contributed by atoms with Gasteiger partial charge in [-0.25, -0.2) is 0 Å². The van der Waals surface area contributed by atoms with E-state index in [1.165, 1.54) is 0 Å². The summed E-state index contributed by atoms with van der Waals surface area (Å²) in [6.07, 6.45) is 3.49. The van der Waals surface area contributed by atoms with Gasteiger partial charge in [0.2, 0.25) is 22.2 Å². The van der Waals surface area contributed by atoms with E-state index < -0.39 is 22.2 Å². The molecule has 0 aliphatic rings. The number of hydrogen-bond acceptors (Lipinski definition) is 4. The van der Waals surface area contributed by atoms with Crippen molar-refractivity contribution in [3.63, 3.8) is 0 Å². The summed E-state index contributed by atoms with van der Waals surface area (Å²) in [5.74, 6) is 0. The molecule has 0 saturated carbocycles. The second-order valence-electron chi connectivity index (χ2n) is 2.58. The van der Waals surface area contributed by atoms with Crippen molar-refractivity contribution < 1.29 is 0 Å². The van der Waals surface area contributed by atoms with Gasteiger partial charge in [-0.15, -0.1) is 0 Å². The molecular formula is C8H10N2O2S2+2. The van der Waals surface area contributed by atoms with Gasteiger partial charge in [0, 0.05) is 0 Å². The smallest absolute Gasteiger partial charge is 0.0954 e. The first-order valence-electron chi connectivity index (χ1n) is 3.78. The predicted octanol–water partition coefficient (Wildman–Crippen LogP) is 2.26. The third-order valence-corrected chi connectivity index (χ3v) is 4.03. The van der Waals surface area contributed by atoms with Gasteiger partial charge in [-0.3, -0.25) is 0 Å². The average Bonchev–Trinajstić information content (AvgIpc) is 2.27. The third kappa shape index (κ3) is 2.55. The van der Waals surface area contributed by atoms with Gasteiger partial charge in [-0.1, -0.05) is 15.9 Å². The Morgan fingerprint density at radius 2 is 1.43 bits per heavy atom. The molecule has 6 heteroatoms. The summed E-state index contributed by atoms with van der Waals surface area (Å²) in [7, 11) is 0. The highest BCUT2D eigenvalue weighted by atomic mass is 32.2. The van der Waals surface area contributed by atoms with Crippen molar-refractivity contribution in [3.05, 3.63) is 34.1 Å². The zero-order valence-electron chi connectivity index (χ0n) is 7.84. The Kier molecular flexibility index (Phi) is 4.09. The van der Waals surface area contributed by atoms with Crippen molar-refractivity contribution in [2.75, 3.05) is 12.5 Å². The minimum atomic E-state index is -0.639. The normalized spacial score (nSPS) is 14.4. The Morgan fingerprint density at radius 3 is 1.79 bits per heavy atom. The van der Waals surface area contributed by atoms with Crippen molar-refractivity contribution in [2.24, 2.45) is 9.16 Å². The number of nitrogens with zero attached hydrogens (tertiary/aromatic N) is 2. The second-order valence-corrected chi connectivity index (χ2v) is 5.73. The zero-order chi connectivity index (χ0) is 10.6. The minimum absolute atomic E-state index is 0.639. The van der Waals surface area contributed by atoms with Crippen LogP contribution in [0.4, 0.5) is 0 Å². The lowest BCUT2D eigenvalue weighted by molar-refractivity contribution is 1.31. The van der Waals surface area contributed by atoms with Crippen LogP contribution >= 0.6 is 0 Å². The van der Waals surface area contributed by atoms with E-state index in [1.807, 2.05) is 24.3 Å². The van der Waals surface area contributed by atoms with E-state index in [-0.39, 0.29) is 0 Å². The molecule has 0 bridgehead atoms. The molecule has 1 aromatic carbocycles. The average molecular weight is 230 g/mol. The largest absolute Gasteiger partial charge is 0.207 e. The van der Waals surface area contributed by atoms with Crippen LogP contribution < -0.4 is 0 Å². The number of benzene rings is 1. The van der Waals surface area contributed by atoms with Crippen molar-refractivity contribution >= 4 is 22.2 Å². The van der Waals surface area contributed by atoms with Crippen LogP contribution in [0, 0.1) is 9.81 Å². The van der Waals surface area contributed by atoms with Gasteiger partial charge in [0.05, 0.1) is 6.07 Å². The maximum atomic E-state index is 10.3. The van der Waals surface area contributed by atoms with Crippen LogP contribution in [0.5, 0.6) is 0 Å². The molecule has 0 spiro atoms. The van der Waals surface area contributed by atoms with Crippen LogP contribution in [0.15, 0.2) is 43.2 Å². The highest BCUT2D eigenvalue weighted by molar-refractivity contribution is 7.95. The SMILES string of the molecule is C[S+](N=O)c1cccc([S+](C)N=O)c1. The molecule has 2 atom stereocenters. The van der Waals surface area contributed by atoms with Crippen LogP contribution in [-0.2, 0) is 22.2 Å². The van der Waals surface area contributed by atoms with Crippen LogP contribution in [0.1, 0.15) is 0 Å². The molecule has 74 valence electrons. The molecule has 1 aromatic rings. The summed E-state index contributed by atoms with van der Waals surface area (Å²) in [5.41, 5.74) is 0. The van der Waals surface area contributed by atoms with Crippen LogP contribution in [0.25, 0.3) is 0 Å². The Balaban J connectivity index is 3.00. The summed E-state index contributed by atoms with van der Waals surface area (Å²) in [5, 5.41) is 0. The number of rotatable bonds is 4. The maximum absolute atomic E-state index is 10.3. The van der Waals surface area contributed by atoms with Crippen LogP contribution in [0.2, 0.25) is 0 Å². The minimum Gasteiger partial charge on any atom is -0.0954 e. The fourth-order valence-electron chi connectivity index (χ4n) is 0.928. The first-order chi connectivity index (χ1) is 6.69. The van der Waals surface area contributed by atoms with Gasteiger partial charge in [0.25, 0.3) is 0 Å². The Bertz CT molecular complexity index is 317. The van der Waals surface area contributed by atoms with Gasteiger partial charge in [-0.2, -0.15) is 0 Å². The van der Waals surface area contributed by atoms with E-state index in [9.17, 15) is 9.81 Å². The van der Waals surface area contributed by atoms with Crippen LogP contribution in [-0.4, -0.2) is 12.5 Å². The van der Waals surface area contributed by atoms with E-state index in [4.69, 9.17) is 0 Å². The Hall–Kier alpha value is -0.880. The molecule has 0 amide bonds. The molecule has 0 saturated heterocycles. The van der Waals surface area contributed by atoms with E-state index in [0.29, 0.717) is 0 Å². The third-order valence-electron chi connectivity index (χ3n) is 1.71. The summed E-state index contributed by atoms with van der Waals surface area (Å²) < 4.78 is 5.91. The quantitative estimate of drug-likeness (QED) is 0.588. The molecule has 0 radical (unpaired) electrons. The van der Waals surface area contributed by atoms with E-state index in [1.54, 1.807) is 12.5 Å². The summed E-state index contributed by atoms with van der Waals surface area (Å²) in [6.45, 7) is 0. The first kappa shape index (κ1) is 11.2. The fraction of sp³-hybridized carbons (Fsp3) is 0.250. The van der Waals surface area contributed by atoms with E-state index >= 15 is 0 Å². The van der Waals surface area contributed by atoms with Crippen molar-refractivity contribution in [2.45, 2.75) is 9.79 Å². The molecule has 0 fully saturated rings. The van der Waals surface area contributed by atoms with Crippen LogP contribution in [0.3, 0.4) is 0 Å². The molecule has 0 N–H and O–H groups in total. The topological polar surface area (TPSA) is 58.9 Å². The molecule has 14 heavy (non-hydrogen) atoms. The molecule has 0 aliphatic heterocycles. The lowest BCUT2D eigenvalue weighted by Gasteiger charge is -1.93. The number of hydrogen-bond donors (Lipinski definition) is 0. The standard InChI is InChI=1S/C8H10N2O2S2/c1-13(9-11)7-4-3-5-8(6-7)14(2)10-12/h3-6H,1-2H3/q+2. The van der Waals surface area contributed by atoms with Crippen molar-refractivity contribution in [3.8, 4) is 0 Å². The lowest BCUT2D eigenvalue weighted by atomic mass is 10.4. The van der Waals surface area contributed by atoms with Crippen molar-refractivity contribution in [1.82, 2.24) is 0 Å². The van der Waals surface area contributed by atoms with E-state index in [0.717, 1.165) is 9.79 Å². The second kappa shape index (κ2) is 5.11. The van der Waals surface area contributed by atoms with Gasteiger partial charge in [0.15, 0.2) is 19.0 Å². The van der Waals surface area contributed by atoms with E-state index in [2.05, 4.69) is 9.16 Å². The van der Waals surface area contributed by atoms with Gasteiger partial charge in [0.1, 0.15) is 12.5 Å².